The lowest BCUT2D eigenvalue weighted by Crippen LogP contribution is -1.94. The highest BCUT2D eigenvalue weighted by Gasteiger charge is 2.12. The highest BCUT2D eigenvalue weighted by molar-refractivity contribution is 7.98. The summed E-state index contributed by atoms with van der Waals surface area (Å²) in [5.74, 6) is 0.115. The lowest BCUT2D eigenvalue weighted by atomic mass is 10.1. The summed E-state index contributed by atoms with van der Waals surface area (Å²) < 4.78 is 5.10. The predicted octanol–water partition coefficient (Wildman–Crippen LogP) is 3.22. The monoisotopic (exact) mass is 223 g/mol. The van der Waals surface area contributed by atoms with Gasteiger partial charge >= 0.3 is 0 Å². The van der Waals surface area contributed by atoms with E-state index in [1.165, 1.54) is 11.5 Å². The Hall–Kier alpha value is -0.870. The molecule has 0 saturated heterocycles. The fourth-order valence-corrected chi connectivity index (χ4v) is 2.98. The van der Waals surface area contributed by atoms with E-state index in [0.717, 1.165) is 20.5 Å². The summed E-state index contributed by atoms with van der Waals surface area (Å²) in [6.07, 6.45) is 3.78. The van der Waals surface area contributed by atoms with Crippen LogP contribution in [0.25, 0.3) is 10.1 Å². The van der Waals surface area contributed by atoms with E-state index in [4.69, 9.17) is 0 Å². The summed E-state index contributed by atoms with van der Waals surface area (Å²) in [5, 5.41) is 1.05. The van der Waals surface area contributed by atoms with Crippen molar-refractivity contribution in [3.63, 3.8) is 0 Å². The topological polar surface area (TPSA) is 30.0 Å². The van der Waals surface area contributed by atoms with Crippen LogP contribution in [0.3, 0.4) is 0 Å². The summed E-state index contributed by atoms with van der Waals surface area (Å²) in [6.45, 7) is 1.61. The van der Waals surface area contributed by atoms with Crippen molar-refractivity contribution in [2.24, 2.45) is 0 Å². The number of fused-ring (bicyclic) bond motifs is 1. The molecule has 0 atom stereocenters. The van der Waals surface area contributed by atoms with Crippen molar-refractivity contribution >= 4 is 39.2 Å². The van der Waals surface area contributed by atoms with Gasteiger partial charge in [0, 0.05) is 16.5 Å². The number of nitrogens with zero attached hydrogens (tertiary/aromatic N) is 1. The van der Waals surface area contributed by atoms with Crippen LogP contribution in [0.2, 0.25) is 0 Å². The zero-order valence-corrected chi connectivity index (χ0v) is 9.54. The quantitative estimate of drug-likeness (QED) is 0.578. The second-order valence-electron chi connectivity index (χ2n) is 2.94. The van der Waals surface area contributed by atoms with E-state index in [0.29, 0.717) is 0 Å². The molecule has 0 aliphatic rings. The molecule has 1 heterocycles. The molecule has 0 unspecified atom stereocenters. The van der Waals surface area contributed by atoms with Gasteiger partial charge < -0.3 is 0 Å². The second kappa shape index (κ2) is 3.71. The average Bonchev–Trinajstić information content (AvgIpc) is 2.62. The molecule has 0 aliphatic carbocycles. The minimum atomic E-state index is 0.115. The minimum absolute atomic E-state index is 0.115. The molecule has 4 heteroatoms. The van der Waals surface area contributed by atoms with Gasteiger partial charge in [-0.15, -0.1) is 11.8 Å². The Balaban J connectivity index is 2.82. The van der Waals surface area contributed by atoms with E-state index in [1.807, 2.05) is 18.4 Å². The van der Waals surface area contributed by atoms with Crippen LogP contribution in [0.15, 0.2) is 23.2 Å². The van der Waals surface area contributed by atoms with Crippen molar-refractivity contribution in [1.29, 1.82) is 0 Å². The lowest BCUT2D eigenvalue weighted by Gasteiger charge is -2.03. The van der Waals surface area contributed by atoms with Gasteiger partial charge in [0.1, 0.15) is 0 Å². The van der Waals surface area contributed by atoms with E-state index in [9.17, 15) is 4.79 Å². The fourth-order valence-electron chi connectivity index (χ4n) is 1.42. The Morgan fingerprint density at radius 1 is 1.50 bits per heavy atom. The molecule has 0 radical (unpaired) electrons. The molecular formula is C10H9NOS2. The number of hydrogen-bond donors (Lipinski definition) is 0. The normalized spacial score (nSPS) is 10.7. The van der Waals surface area contributed by atoms with Crippen molar-refractivity contribution in [3.05, 3.63) is 23.9 Å². The van der Waals surface area contributed by atoms with Crippen LogP contribution >= 0.6 is 23.3 Å². The van der Waals surface area contributed by atoms with Crippen LogP contribution < -0.4 is 0 Å². The van der Waals surface area contributed by atoms with Gasteiger partial charge in [-0.3, -0.25) is 4.79 Å². The standard InChI is InChI=1S/C10H9NOS2/c1-6(12)9-8(13-2)4-3-7-5-11-14-10(7)9/h3-5H,1-2H3. The van der Waals surface area contributed by atoms with Gasteiger partial charge in [-0.05, 0) is 30.8 Å². The van der Waals surface area contributed by atoms with Crippen LogP contribution in [0.4, 0.5) is 0 Å². The van der Waals surface area contributed by atoms with Gasteiger partial charge in [0.15, 0.2) is 5.78 Å². The largest absolute Gasteiger partial charge is 0.294 e. The Bertz CT molecular complexity index is 490. The Kier molecular flexibility index (Phi) is 2.56. The average molecular weight is 223 g/mol. The predicted molar refractivity (Wildman–Crippen MR) is 61.4 cm³/mol. The molecule has 72 valence electrons. The first-order chi connectivity index (χ1) is 6.74. The summed E-state index contributed by atoms with van der Waals surface area (Å²) in [5.41, 5.74) is 0.817. The van der Waals surface area contributed by atoms with Gasteiger partial charge in [0.05, 0.1) is 10.3 Å². The molecular weight excluding hydrogens is 214 g/mol. The molecule has 0 aliphatic heterocycles. The molecule has 0 fully saturated rings. The maximum atomic E-state index is 11.5. The van der Waals surface area contributed by atoms with Crippen molar-refractivity contribution in [3.8, 4) is 0 Å². The summed E-state index contributed by atoms with van der Waals surface area (Å²) in [4.78, 5) is 12.5. The number of thioether (sulfide) groups is 1. The number of hydrogen-bond acceptors (Lipinski definition) is 4. The molecule has 14 heavy (non-hydrogen) atoms. The number of ketones is 1. The van der Waals surface area contributed by atoms with Gasteiger partial charge in [-0.1, -0.05) is 6.07 Å². The van der Waals surface area contributed by atoms with Crippen molar-refractivity contribution in [1.82, 2.24) is 4.37 Å². The van der Waals surface area contributed by atoms with Gasteiger partial charge in [0.25, 0.3) is 0 Å². The highest BCUT2D eigenvalue weighted by atomic mass is 32.2. The van der Waals surface area contributed by atoms with Gasteiger partial charge in [-0.2, -0.15) is 4.37 Å². The van der Waals surface area contributed by atoms with Crippen LogP contribution in [0.1, 0.15) is 17.3 Å². The van der Waals surface area contributed by atoms with Crippen molar-refractivity contribution < 1.29 is 4.79 Å². The Morgan fingerprint density at radius 2 is 2.29 bits per heavy atom. The van der Waals surface area contributed by atoms with Gasteiger partial charge in [0.2, 0.25) is 0 Å². The molecule has 0 bridgehead atoms. The van der Waals surface area contributed by atoms with E-state index in [1.54, 1.807) is 24.9 Å². The van der Waals surface area contributed by atoms with E-state index >= 15 is 0 Å². The molecule has 0 N–H and O–H groups in total. The van der Waals surface area contributed by atoms with E-state index in [2.05, 4.69) is 4.37 Å². The Labute approximate surface area is 90.5 Å². The first-order valence-electron chi connectivity index (χ1n) is 4.16. The molecule has 2 aromatic rings. The minimum Gasteiger partial charge on any atom is -0.294 e. The van der Waals surface area contributed by atoms with Crippen molar-refractivity contribution in [2.45, 2.75) is 11.8 Å². The number of carbonyl (C=O) groups is 1. The highest BCUT2D eigenvalue weighted by Crippen LogP contribution is 2.30. The zero-order valence-electron chi connectivity index (χ0n) is 7.90. The molecule has 2 nitrogen and oxygen atoms in total. The molecule has 2 rings (SSSR count). The SMILES string of the molecule is CSc1ccc2cnsc2c1C(C)=O. The van der Waals surface area contributed by atoms with Crippen LogP contribution in [-0.4, -0.2) is 16.4 Å². The first-order valence-corrected chi connectivity index (χ1v) is 6.16. The molecule has 0 saturated carbocycles. The molecule has 1 aromatic carbocycles. The lowest BCUT2D eigenvalue weighted by molar-refractivity contribution is 0.101. The third kappa shape index (κ3) is 1.44. The number of carbonyl (C=O) groups excluding carboxylic acids is 1. The second-order valence-corrected chi connectivity index (χ2v) is 4.59. The third-order valence-corrected chi connectivity index (χ3v) is 3.67. The van der Waals surface area contributed by atoms with Crippen LogP contribution in [0, 0.1) is 0 Å². The molecule has 0 amide bonds. The maximum absolute atomic E-state index is 11.5. The number of rotatable bonds is 2. The van der Waals surface area contributed by atoms with E-state index < -0.39 is 0 Å². The maximum Gasteiger partial charge on any atom is 0.162 e. The smallest absolute Gasteiger partial charge is 0.162 e. The number of aromatic nitrogens is 1. The summed E-state index contributed by atoms with van der Waals surface area (Å²) in [6, 6.07) is 4.00. The number of benzene rings is 1. The number of Topliss-reactive ketones (excluding diaryl/α,β-unsaturated/α-hetero) is 1. The molecule has 1 aromatic heterocycles. The van der Waals surface area contributed by atoms with Crippen LogP contribution in [-0.2, 0) is 0 Å². The van der Waals surface area contributed by atoms with Crippen LogP contribution in [0.5, 0.6) is 0 Å². The molecule has 0 spiro atoms. The van der Waals surface area contributed by atoms with Crippen molar-refractivity contribution in [2.75, 3.05) is 6.26 Å². The Morgan fingerprint density at radius 3 is 2.93 bits per heavy atom. The van der Waals surface area contributed by atoms with Gasteiger partial charge in [-0.25, -0.2) is 0 Å². The summed E-state index contributed by atoms with van der Waals surface area (Å²) in [7, 11) is 0. The van der Waals surface area contributed by atoms with E-state index in [-0.39, 0.29) is 5.78 Å². The summed E-state index contributed by atoms with van der Waals surface area (Å²) >= 11 is 2.99. The zero-order chi connectivity index (χ0) is 10.1. The first kappa shape index (κ1) is 9.68. The third-order valence-electron chi connectivity index (χ3n) is 2.06. The fraction of sp³-hybridized carbons (Fsp3) is 0.200.